The molecule has 0 saturated carbocycles. The maximum Gasteiger partial charge on any atom is 0.340 e. The van der Waals surface area contributed by atoms with Crippen molar-refractivity contribution in [2.24, 2.45) is 0 Å². The summed E-state index contributed by atoms with van der Waals surface area (Å²) in [5.74, 6) is -1.26. The van der Waals surface area contributed by atoms with Crippen LogP contribution in [0, 0.1) is 0 Å². The number of anilines is 1. The average molecular weight is 341 g/mol. The molecule has 0 spiro atoms. The highest BCUT2D eigenvalue weighted by Crippen LogP contribution is 2.17. The minimum atomic E-state index is -0.564. The molecule has 6 heteroatoms. The molecular formula is C19H19NO5. The maximum absolute atomic E-state index is 12.3. The van der Waals surface area contributed by atoms with Crippen LogP contribution in [0.25, 0.3) is 0 Å². The molecule has 0 atom stereocenters. The molecule has 130 valence electrons. The van der Waals surface area contributed by atoms with Gasteiger partial charge in [-0.2, -0.15) is 0 Å². The van der Waals surface area contributed by atoms with Gasteiger partial charge in [0.1, 0.15) is 6.61 Å². The van der Waals surface area contributed by atoms with Gasteiger partial charge in [0, 0.05) is 6.92 Å². The van der Waals surface area contributed by atoms with Gasteiger partial charge in [-0.1, -0.05) is 24.3 Å². The van der Waals surface area contributed by atoms with Gasteiger partial charge in [-0.05, 0) is 36.8 Å². The SMILES string of the molecule is CCOC(=O)c1cccc(COC(=O)c2ccccc2NC(C)=O)c1. The summed E-state index contributed by atoms with van der Waals surface area (Å²) in [5, 5.41) is 2.59. The van der Waals surface area contributed by atoms with Crippen LogP contribution in [-0.2, 0) is 20.9 Å². The van der Waals surface area contributed by atoms with E-state index in [-0.39, 0.29) is 24.7 Å². The fourth-order valence-corrected chi connectivity index (χ4v) is 2.19. The van der Waals surface area contributed by atoms with Crippen LogP contribution in [0.3, 0.4) is 0 Å². The van der Waals surface area contributed by atoms with Crippen molar-refractivity contribution in [3.8, 4) is 0 Å². The number of para-hydroxylation sites is 1. The van der Waals surface area contributed by atoms with E-state index >= 15 is 0 Å². The third-order valence-corrected chi connectivity index (χ3v) is 3.27. The van der Waals surface area contributed by atoms with Crippen molar-refractivity contribution in [2.45, 2.75) is 20.5 Å². The van der Waals surface area contributed by atoms with E-state index in [0.717, 1.165) is 0 Å². The fourth-order valence-electron chi connectivity index (χ4n) is 2.19. The van der Waals surface area contributed by atoms with Crippen LogP contribution >= 0.6 is 0 Å². The predicted molar refractivity (Wildman–Crippen MR) is 92.3 cm³/mol. The molecule has 0 radical (unpaired) electrons. The monoisotopic (exact) mass is 341 g/mol. The molecule has 2 aromatic rings. The standard InChI is InChI=1S/C19H19NO5/c1-3-24-18(22)15-8-6-7-14(11-15)12-25-19(23)16-9-4-5-10-17(16)20-13(2)21/h4-11H,3,12H2,1-2H3,(H,20,21). The van der Waals surface area contributed by atoms with E-state index in [9.17, 15) is 14.4 Å². The second-order valence-electron chi connectivity index (χ2n) is 5.22. The molecule has 0 aliphatic rings. The molecule has 0 unspecified atom stereocenters. The number of rotatable bonds is 6. The lowest BCUT2D eigenvalue weighted by Crippen LogP contribution is -2.13. The lowest BCUT2D eigenvalue weighted by Gasteiger charge is -2.10. The number of esters is 2. The third-order valence-electron chi connectivity index (χ3n) is 3.27. The molecule has 0 fully saturated rings. The summed E-state index contributed by atoms with van der Waals surface area (Å²) in [4.78, 5) is 35.2. The lowest BCUT2D eigenvalue weighted by molar-refractivity contribution is -0.114. The second-order valence-corrected chi connectivity index (χ2v) is 5.22. The predicted octanol–water partition coefficient (Wildman–Crippen LogP) is 3.18. The van der Waals surface area contributed by atoms with Crippen LogP contribution < -0.4 is 5.32 Å². The Morgan fingerprint density at radius 3 is 2.44 bits per heavy atom. The minimum Gasteiger partial charge on any atom is -0.462 e. The van der Waals surface area contributed by atoms with E-state index in [1.165, 1.54) is 6.92 Å². The molecule has 2 aromatic carbocycles. The highest BCUT2D eigenvalue weighted by atomic mass is 16.5. The minimum absolute atomic E-state index is 0.000480. The van der Waals surface area contributed by atoms with E-state index < -0.39 is 11.9 Å². The number of ether oxygens (including phenoxy) is 2. The second kappa shape index (κ2) is 8.63. The van der Waals surface area contributed by atoms with Gasteiger partial charge in [-0.3, -0.25) is 4.79 Å². The molecule has 6 nitrogen and oxygen atoms in total. The average Bonchev–Trinajstić information content (AvgIpc) is 2.60. The Kier molecular flexibility index (Phi) is 6.28. The first-order valence-corrected chi connectivity index (χ1v) is 7.81. The first-order valence-electron chi connectivity index (χ1n) is 7.81. The molecule has 0 aromatic heterocycles. The van der Waals surface area contributed by atoms with E-state index in [2.05, 4.69) is 5.32 Å². The zero-order valence-electron chi connectivity index (χ0n) is 14.1. The van der Waals surface area contributed by atoms with Crippen molar-refractivity contribution in [3.63, 3.8) is 0 Å². The van der Waals surface area contributed by atoms with Crippen LogP contribution in [-0.4, -0.2) is 24.5 Å². The Labute approximate surface area is 145 Å². The lowest BCUT2D eigenvalue weighted by atomic mass is 10.1. The summed E-state index contributed by atoms with van der Waals surface area (Å²) in [6.45, 7) is 3.39. The van der Waals surface area contributed by atoms with Gasteiger partial charge in [-0.15, -0.1) is 0 Å². The van der Waals surface area contributed by atoms with Crippen molar-refractivity contribution in [2.75, 3.05) is 11.9 Å². The molecule has 0 saturated heterocycles. The maximum atomic E-state index is 12.3. The van der Waals surface area contributed by atoms with Crippen LogP contribution in [0.5, 0.6) is 0 Å². The number of benzene rings is 2. The van der Waals surface area contributed by atoms with Gasteiger partial charge in [-0.25, -0.2) is 9.59 Å². The molecule has 1 N–H and O–H groups in total. The molecule has 0 bridgehead atoms. The van der Waals surface area contributed by atoms with Crippen LogP contribution in [0.15, 0.2) is 48.5 Å². The molecule has 0 aliphatic carbocycles. The topological polar surface area (TPSA) is 81.7 Å². The van der Waals surface area contributed by atoms with E-state index in [4.69, 9.17) is 9.47 Å². The first kappa shape index (κ1) is 18.2. The van der Waals surface area contributed by atoms with Crippen molar-refractivity contribution < 1.29 is 23.9 Å². The summed E-state index contributed by atoms with van der Waals surface area (Å²) in [6.07, 6.45) is 0. The zero-order chi connectivity index (χ0) is 18.2. The van der Waals surface area contributed by atoms with E-state index in [1.807, 2.05) is 0 Å². The summed E-state index contributed by atoms with van der Waals surface area (Å²) >= 11 is 0. The Morgan fingerprint density at radius 2 is 1.72 bits per heavy atom. The highest BCUT2D eigenvalue weighted by molar-refractivity contribution is 6.00. The number of carbonyl (C=O) groups excluding carboxylic acids is 3. The zero-order valence-corrected chi connectivity index (χ0v) is 14.1. The highest BCUT2D eigenvalue weighted by Gasteiger charge is 2.14. The largest absolute Gasteiger partial charge is 0.462 e. The van der Waals surface area contributed by atoms with Gasteiger partial charge in [0.2, 0.25) is 5.91 Å². The summed E-state index contributed by atoms with van der Waals surface area (Å²) < 4.78 is 10.2. The van der Waals surface area contributed by atoms with E-state index in [0.29, 0.717) is 16.8 Å². The van der Waals surface area contributed by atoms with E-state index in [1.54, 1.807) is 55.5 Å². The van der Waals surface area contributed by atoms with Crippen molar-refractivity contribution in [1.29, 1.82) is 0 Å². The fraction of sp³-hybridized carbons (Fsp3) is 0.211. The Hall–Kier alpha value is -3.15. The molecule has 0 heterocycles. The summed E-state index contributed by atoms with van der Waals surface area (Å²) in [6, 6.07) is 13.3. The number of hydrogen-bond donors (Lipinski definition) is 1. The third kappa shape index (κ3) is 5.17. The number of hydrogen-bond acceptors (Lipinski definition) is 5. The molecular weight excluding hydrogens is 322 g/mol. The molecule has 25 heavy (non-hydrogen) atoms. The van der Waals surface area contributed by atoms with Gasteiger partial charge in [0.15, 0.2) is 0 Å². The Balaban J connectivity index is 2.07. The summed E-state index contributed by atoms with van der Waals surface area (Å²) in [5.41, 5.74) is 1.71. The van der Waals surface area contributed by atoms with Crippen LogP contribution in [0.1, 0.15) is 40.1 Å². The first-order chi connectivity index (χ1) is 12.0. The van der Waals surface area contributed by atoms with Gasteiger partial charge < -0.3 is 14.8 Å². The normalized spacial score (nSPS) is 10.0. The molecule has 2 rings (SSSR count). The van der Waals surface area contributed by atoms with Gasteiger partial charge in [0.05, 0.1) is 23.4 Å². The van der Waals surface area contributed by atoms with Crippen LogP contribution in [0.2, 0.25) is 0 Å². The smallest absolute Gasteiger partial charge is 0.340 e. The van der Waals surface area contributed by atoms with Gasteiger partial charge >= 0.3 is 11.9 Å². The quantitative estimate of drug-likeness (QED) is 0.816. The van der Waals surface area contributed by atoms with Crippen LogP contribution in [0.4, 0.5) is 5.69 Å². The number of nitrogens with one attached hydrogen (secondary N) is 1. The Morgan fingerprint density at radius 1 is 0.960 bits per heavy atom. The number of amides is 1. The van der Waals surface area contributed by atoms with Gasteiger partial charge in [0.25, 0.3) is 0 Å². The van der Waals surface area contributed by atoms with Crippen molar-refractivity contribution >= 4 is 23.5 Å². The van der Waals surface area contributed by atoms with Crippen molar-refractivity contribution in [3.05, 3.63) is 65.2 Å². The Bertz CT molecular complexity index is 785. The van der Waals surface area contributed by atoms with Crippen molar-refractivity contribution in [1.82, 2.24) is 0 Å². The number of carbonyl (C=O) groups is 3. The summed E-state index contributed by atoms with van der Waals surface area (Å²) in [7, 11) is 0. The molecule has 0 aliphatic heterocycles. The molecule has 1 amide bonds.